The van der Waals surface area contributed by atoms with E-state index >= 15 is 0 Å². The van der Waals surface area contributed by atoms with Crippen molar-refractivity contribution in [2.24, 2.45) is 5.10 Å². The molecule has 164 valence electrons. The van der Waals surface area contributed by atoms with Gasteiger partial charge in [-0.05, 0) is 72.3 Å². The fraction of sp³-hybridized carbons (Fsp3) is 0.0870. The van der Waals surface area contributed by atoms with Crippen molar-refractivity contribution in [3.05, 3.63) is 86.8 Å². The van der Waals surface area contributed by atoms with Gasteiger partial charge in [0.2, 0.25) is 0 Å². The Hall–Kier alpha value is -3.17. The molecule has 3 aromatic rings. The minimum Gasteiger partial charge on any atom is -0.493 e. The fourth-order valence-corrected chi connectivity index (χ4v) is 3.09. The van der Waals surface area contributed by atoms with Gasteiger partial charge in [-0.25, -0.2) is 10.2 Å². The zero-order chi connectivity index (χ0) is 22.9. The van der Waals surface area contributed by atoms with Gasteiger partial charge in [-0.15, -0.1) is 0 Å². The Morgan fingerprint density at radius 2 is 1.62 bits per heavy atom. The first kappa shape index (κ1) is 23.5. The number of rotatable bonds is 8. The standard InChI is InChI=1S/C23H18Br2N2O5/c1-30-21-12-18(25)8-11-20(21)31-14-22(28)27-26-13-15-2-9-19(10-3-15)32-23(29)16-4-6-17(24)7-5-16/h2-13H,14H2,1H3,(H,27,28)/b26-13+. The van der Waals surface area contributed by atoms with Gasteiger partial charge in [0.15, 0.2) is 18.1 Å². The number of esters is 1. The molecule has 0 atom stereocenters. The number of methoxy groups -OCH3 is 1. The smallest absolute Gasteiger partial charge is 0.343 e. The highest BCUT2D eigenvalue weighted by Crippen LogP contribution is 2.30. The van der Waals surface area contributed by atoms with Crippen molar-refractivity contribution in [1.29, 1.82) is 0 Å². The number of ether oxygens (including phenoxy) is 3. The summed E-state index contributed by atoms with van der Waals surface area (Å²) >= 11 is 6.66. The number of amides is 1. The minimum absolute atomic E-state index is 0.222. The lowest BCUT2D eigenvalue weighted by molar-refractivity contribution is -0.123. The molecule has 0 aliphatic heterocycles. The molecule has 0 aliphatic rings. The van der Waals surface area contributed by atoms with Gasteiger partial charge in [-0.1, -0.05) is 31.9 Å². The van der Waals surface area contributed by atoms with Crippen molar-refractivity contribution in [2.75, 3.05) is 13.7 Å². The number of halogens is 2. The Labute approximate surface area is 201 Å². The average molecular weight is 562 g/mol. The number of nitrogens with zero attached hydrogens (tertiary/aromatic N) is 1. The van der Waals surface area contributed by atoms with E-state index < -0.39 is 11.9 Å². The molecule has 0 saturated carbocycles. The second-order valence-corrected chi connectivity index (χ2v) is 8.17. The van der Waals surface area contributed by atoms with Gasteiger partial charge in [0.05, 0.1) is 18.9 Å². The van der Waals surface area contributed by atoms with Gasteiger partial charge in [0.25, 0.3) is 5.91 Å². The molecule has 0 aliphatic carbocycles. The summed E-state index contributed by atoms with van der Waals surface area (Å²) in [4.78, 5) is 24.1. The molecule has 0 spiro atoms. The zero-order valence-electron chi connectivity index (χ0n) is 16.9. The summed E-state index contributed by atoms with van der Waals surface area (Å²) in [6, 6.07) is 18.8. The van der Waals surface area contributed by atoms with Crippen LogP contribution in [0.2, 0.25) is 0 Å². The van der Waals surface area contributed by atoms with Gasteiger partial charge in [0, 0.05) is 8.95 Å². The molecular formula is C23H18Br2N2O5. The van der Waals surface area contributed by atoms with Gasteiger partial charge in [-0.2, -0.15) is 5.10 Å². The molecule has 0 saturated heterocycles. The Morgan fingerprint density at radius 3 is 2.31 bits per heavy atom. The molecule has 1 N–H and O–H groups in total. The topological polar surface area (TPSA) is 86.2 Å². The molecule has 0 heterocycles. The number of carbonyl (C=O) groups excluding carboxylic acids is 2. The van der Waals surface area contributed by atoms with E-state index in [1.54, 1.807) is 66.7 Å². The van der Waals surface area contributed by atoms with Crippen LogP contribution in [0.4, 0.5) is 0 Å². The van der Waals surface area contributed by atoms with Crippen molar-refractivity contribution in [2.45, 2.75) is 0 Å². The van der Waals surface area contributed by atoms with E-state index in [4.69, 9.17) is 14.2 Å². The number of hydrazone groups is 1. The molecule has 32 heavy (non-hydrogen) atoms. The number of carbonyl (C=O) groups is 2. The monoisotopic (exact) mass is 560 g/mol. The van der Waals surface area contributed by atoms with E-state index in [0.29, 0.717) is 28.4 Å². The Bertz CT molecular complexity index is 1120. The lowest BCUT2D eigenvalue weighted by Crippen LogP contribution is -2.24. The molecule has 0 fully saturated rings. The summed E-state index contributed by atoms with van der Waals surface area (Å²) < 4.78 is 17.7. The fourth-order valence-electron chi connectivity index (χ4n) is 2.49. The summed E-state index contributed by atoms with van der Waals surface area (Å²) in [6.45, 7) is -0.222. The van der Waals surface area contributed by atoms with Crippen molar-refractivity contribution >= 4 is 50.0 Å². The molecule has 0 unspecified atom stereocenters. The summed E-state index contributed by atoms with van der Waals surface area (Å²) in [6.07, 6.45) is 1.47. The Balaban J connectivity index is 1.47. The van der Waals surface area contributed by atoms with E-state index in [9.17, 15) is 9.59 Å². The molecule has 9 heteroatoms. The lowest BCUT2D eigenvalue weighted by Gasteiger charge is -2.10. The van der Waals surface area contributed by atoms with Crippen LogP contribution in [0.15, 0.2) is 80.8 Å². The quantitative estimate of drug-likeness (QED) is 0.182. The van der Waals surface area contributed by atoms with E-state index in [2.05, 4.69) is 42.4 Å². The Kier molecular flexibility index (Phi) is 8.41. The van der Waals surface area contributed by atoms with Gasteiger partial charge in [-0.3, -0.25) is 4.79 Å². The predicted octanol–water partition coefficient (Wildman–Crippen LogP) is 4.97. The van der Waals surface area contributed by atoms with Gasteiger partial charge in [0.1, 0.15) is 5.75 Å². The normalized spacial score (nSPS) is 10.6. The number of benzene rings is 3. The van der Waals surface area contributed by atoms with Crippen LogP contribution >= 0.6 is 31.9 Å². The average Bonchev–Trinajstić information content (AvgIpc) is 2.79. The zero-order valence-corrected chi connectivity index (χ0v) is 20.1. The van der Waals surface area contributed by atoms with Crippen LogP contribution in [0.3, 0.4) is 0 Å². The second-order valence-electron chi connectivity index (χ2n) is 6.34. The van der Waals surface area contributed by atoms with Crippen LogP contribution in [0.1, 0.15) is 15.9 Å². The van der Waals surface area contributed by atoms with Crippen LogP contribution in [0, 0.1) is 0 Å². The summed E-state index contributed by atoms with van der Waals surface area (Å²) in [5.74, 6) is 0.482. The third-order valence-corrected chi connectivity index (χ3v) is 5.08. The maximum absolute atomic E-state index is 12.1. The highest BCUT2D eigenvalue weighted by Gasteiger charge is 2.09. The highest BCUT2D eigenvalue weighted by molar-refractivity contribution is 9.10. The van der Waals surface area contributed by atoms with E-state index in [0.717, 1.165) is 8.95 Å². The lowest BCUT2D eigenvalue weighted by atomic mass is 10.2. The van der Waals surface area contributed by atoms with E-state index in [-0.39, 0.29) is 6.61 Å². The summed E-state index contributed by atoms with van der Waals surface area (Å²) in [7, 11) is 1.52. The molecule has 3 rings (SSSR count). The molecule has 1 amide bonds. The SMILES string of the molecule is COc1cc(Br)ccc1OCC(=O)N/N=C/c1ccc(OC(=O)c2ccc(Br)cc2)cc1. The predicted molar refractivity (Wildman–Crippen MR) is 127 cm³/mol. The molecular weight excluding hydrogens is 544 g/mol. The Morgan fingerprint density at radius 1 is 0.938 bits per heavy atom. The van der Waals surface area contributed by atoms with Gasteiger partial charge >= 0.3 is 5.97 Å². The van der Waals surface area contributed by atoms with Crippen LogP contribution in [0.5, 0.6) is 17.2 Å². The van der Waals surface area contributed by atoms with Crippen LogP contribution in [-0.4, -0.2) is 31.8 Å². The molecule has 3 aromatic carbocycles. The van der Waals surface area contributed by atoms with Crippen LogP contribution < -0.4 is 19.6 Å². The van der Waals surface area contributed by atoms with Crippen LogP contribution in [-0.2, 0) is 4.79 Å². The third kappa shape index (κ3) is 6.93. The molecule has 0 bridgehead atoms. The first-order chi connectivity index (χ1) is 15.4. The molecule has 7 nitrogen and oxygen atoms in total. The van der Waals surface area contributed by atoms with Crippen molar-refractivity contribution in [1.82, 2.24) is 5.43 Å². The number of hydrogen-bond acceptors (Lipinski definition) is 6. The minimum atomic E-state index is -0.450. The van der Waals surface area contributed by atoms with Crippen molar-refractivity contribution in [3.63, 3.8) is 0 Å². The second kappa shape index (κ2) is 11.4. The maximum atomic E-state index is 12.1. The molecule has 0 aromatic heterocycles. The van der Waals surface area contributed by atoms with Crippen molar-refractivity contribution < 1.29 is 23.8 Å². The first-order valence-electron chi connectivity index (χ1n) is 9.30. The maximum Gasteiger partial charge on any atom is 0.343 e. The first-order valence-corrected chi connectivity index (χ1v) is 10.9. The number of nitrogens with one attached hydrogen (secondary N) is 1. The third-order valence-electron chi connectivity index (χ3n) is 4.06. The highest BCUT2D eigenvalue weighted by atomic mass is 79.9. The summed E-state index contributed by atoms with van der Waals surface area (Å²) in [5, 5.41) is 3.90. The summed E-state index contributed by atoms with van der Waals surface area (Å²) in [5.41, 5.74) is 3.55. The van der Waals surface area contributed by atoms with Crippen molar-refractivity contribution in [3.8, 4) is 17.2 Å². The molecule has 0 radical (unpaired) electrons. The number of hydrogen-bond donors (Lipinski definition) is 1. The van der Waals surface area contributed by atoms with Gasteiger partial charge < -0.3 is 14.2 Å². The van der Waals surface area contributed by atoms with E-state index in [1.807, 2.05) is 0 Å². The van der Waals surface area contributed by atoms with E-state index in [1.165, 1.54) is 13.3 Å². The largest absolute Gasteiger partial charge is 0.493 e. The van der Waals surface area contributed by atoms with Crippen LogP contribution in [0.25, 0.3) is 0 Å².